The van der Waals surface area contributed by atoms with Crippen molar-refractivity contribution in [2.45, 2.75) is 143 Å². The van der Waals surface area contributed by atoms with Crippen LogP contribution in [0, 0.1) is 0 Å². The first-order chi connectivity index (χ1) is 20.1. The molecule has 0 aromatic heterocycles. The highest BCUT2D eigenvalue weighted by molar-refractivity contribution is 5.93. The summed E-state index contributed by atoms with van der Waals surface area (Å²) in [5.41, 5.74) is -0.322. The van der Waals surface area contributed by atoms with Crippen molar-refractivity contribution in [2.75, 3.05) is 7.11 Å². The zero-order valence-corrected chi connectivity index (χ0v) is 27.8. The second-order valence-electron chi connectivity index (χ2n) is 12.9. The predicted molar refractivity (Wildman–Crippen MR) is 168 cm³/mol. The molecule has 1 aromatic carbocycles. The number of benzene rings is 1. The van der Waals surface area contributed by atoms with E-state index in [2.05, 4.69) is 22.9 Å². The summed E-state index contributed by atoms with van der Waals surface area (Å²) in [4.78, 5) is 52.2. The summed E-state index contributed by atoms with van der Waals surface area (Å²) in [6.07, 6.45) is 5.38. The number of ether oxygens (including phenoxy) is 3. The minimum atomic E-state index is -1.02. The summed E-state index contributed by atoms with van der Waals surface area (Å²) in [6.45, 7) is 15.2. The fourth-order valence-corrected chi connectivity index (χ4v) is 4.34. The molecule has 10 nitrogen and oxygen atoms in total. The second kappa shape index (κ2) is 18.4. The van der Waals surface area contributed by atoms with Crippen LogP contribution in [0.5, 0.6) is 5.75 Å². The highest BCUT2D eigenvalue weighted by Gasteiger charge is 2.31. The molecule has 3 amide bonds. The maximum atomic E-state index is 13.6. The van der Waals surface area contributed by atoms with Crippen molar-refractivity contribution in [3.05, 3.63) is 29.8 Å². The molecule has 0 aliphatic heterocycles. The molecule has 0 aliphatic carbocycles. The van der Waals surface area contributed by atoms with Crippen molar-refractivity contribution in [3.8, 4) is 5.75 Å². The Morgan fingerprint density at radius 3 is 1.70 bits per heavy atom. The van der Waals surface area contributed by atoms with E-state index in [4.69, 9.17) is 14.2 Å². The molecule has 0 spiro atoms. The van der Waals surface area contributed by atoms with Crippen molar-refractivity contribution >= 4 is 23.9 Å². The number of unbranched alkanes of at least 4 members (excludes halogenated alkanes) is 4. The van der Waals surface area contributed by atoms with Crippen LogP contribution in [0.25, 0.3) is 0 Å². The maximum Gasteiger partial charge on any atom is 0.408 e. The van der Waals surface area contributed by atoms with E-state index in [1.807, 2.05) is 52.0 Å². The van der Waals surface area contributed by atoms with Crippen LogP contribution in [-0.4, -0.2) is 60.3 Å². The zero-order chi connectivity index (χ0) is 32.6. The van der Waals surface area contributed by atoms with Crippen LogP contribution in [0.15, 0.2) is 24.3 Å². The number of amides is 3. The van der Waals surface area contributed by atoms with Gasteiger partial charge in [0.1, 0.15) is 35.1 Å². The molecule has 0 heterocycles. The van der Waals surface area contributed by atoms with E-state index in [0.29, 0.717) is 25.0 Å². The van der Waals surface area contributed by atoms with Crippen molar-refractivity contribution < 1.29 is 33.4 Å². The van der Waals surface area contributed by atoms with Gasteiger partial charge in [0.05, 0.1) is 7.11 Å². The molecule has 3 atom stereocenters. The first-order valence-electron chi connectivity index (χ1n) is 15.5. The average molecular weight is 606 g/mol. The summed E-state index contributed by atoms with van der Waals surface area (Å²) in [7, 11) is 1.28. The molecule has 43 heavy (non-hydrogen) atoms. The normalized spacial score (nSPS) is 13.7. The standard InChI is InChI=1S/C33H55N3O7/c1-10-12-14-16-25(36-31(40)43-33(6,7)8)28(37)35-27(22-23-18-20-24(21-19-23)42-32(3,4)5)29(38)34-26(30(39)41-9)17-15-13-11-2/h18-21,25-27H,10-17,22H2,1-9H3,(H,34,38)(H,35,37)(H,36,40)/t25-,26?,27-/m0/s1. The Morgan fingerprint density at radius 2 is 1.21 bits per heavy atom. The van der Waals surface area contributed by atoms with Gasteiger partial charge in [-0.3, -0.25) is 9.59 Å². The van der Waals surface area contributed by atoms with Gasteiger partial charge in [-0.1, -0.05) is 64.5 Å². The Balaban J connectivity index is 3.25. The Bertz CT molecular complexity index is 1010. The van der Waals surface area contributed by atoms with E-state index in [-0.39, 0.29) is 12.0 Å². The third kappa shape index (κ3) is 16.2. The van der Waals surface area contributed by atoms with Gasteiger partial charge in [0.2, 0.25) is 11.8 Å². The molecule has 244 valence electrons. The lowest BCUT2D eigenvalue weighted by atomic mass is 10.0. The smallest absolute Gasteiger partial charge is 0.408 e. The van der Waals surface area contributed by atoms with E-state index in [9.17, 15) is 19.2 Å². The number of hydrogen-bond acceptors (Lipinski definition) is 7. The number of rotatable bonds is 17. The Hall–Kier alpha value is -3.30. The van der Waals surface area contributed by atoms with E-state index in [1.165, 1.54) is 7.11 Å². The summed E-state index contributed by atoms with van der Waals surface area (Å²) >= 11 is 0. The largest absolute Gasteiger partial charge is 0.488 e. The van der Waals surface area contributed by atoms with E-state index in [0.717, 1.165) is 37.7 Å². The fourth-order valence-electron chi connectivity index (χ4n) is 4.34. The van der Waals surface area contributed by atoms with Crippen molar-refractivity contribution in [3.63, 3.8) is 0 Å². The Kier molecular flexibility index (Phi) is 16.1. The minimum absolute atomic E-state index is 0.157. The molecular formula is C33H55N3O7. The third-order valence-electron chi connectivity index (χ3n) is 6.42. The average Bonchev–Trinajstić information content (AvgIpc) is 2.90. The van der Waals surface area contributed by atoms with Crippen LogP contribution in [0.4, 0.5) is 4.79 Å². The third-order valence-corrected chi connectivity index (χ3v) is 6.42. The van der Waals surface area contributed by atoms with Crippen LogP contribution in [0.2, 0.25) is 0 Å². The molecule has 1 rings (SSSR count). The SMILES string of the molecule is CCCCCC(NC(=O)[C@H](Cc1ccc(OC(C)(C)C)cc1)NC(=O)[C@H](CCCCC)NC(=O)OC(C)(C)C)C(=O)OC. The Morgan fingerprint density at radius 1 is 0.698 bits per heavy atom. The summed E-state index contributed by atoms with van der Waals surface area (Å²) in [5, 5.41) is 8.31. The number of carbonyl (C=O) groups excluding carboxylic acids is 4. The summed E-state index contributed by atoms with van der Waals surface area (Å²) in [6, 6.07) is 4.54. The first-order valence-corrected chi connectivity index (χ1v) is 15.5. The topological polar surface area (TPSA) is 132 Å². The highest BCUT2D eigenvalue weighted by atomic mass is 16.6. The quantitative estimate of drug-likeness (QED) is 0.155. The lowest BCUT2D eigenvalue weighted by molar-refractivity contribution is -0.145. The van der Waals surface area contributed by atoms with Gasteiger partial charge in [0.25, 0.3) is 0 Å². The molecule has 0 fully saturated rings. The molecule has 0 saturated heterocycles. The van der Waals surface area contributed by atoms with Crippen LogP contribution in [0.1, 0.15) is 112 Å². The molecule has 0 radical (unpaired) electrons. The van der Waals surface area contributed by atoms with Crippen LogP contribution in [-0.2, 0) is 30.3 Å². The minimum Gasteiger partial charge on any atom is -0.488 e. The molecule has 1 unspecified atom stereocenters. The van der Waals surface area contributed by atoms with Crippen LogP contribution >= 0.6 is 0 Å². The van der Waals surface area contributed by atoms with Gasteiger partial charge in [-0.05, 0) is 72.1 Å². The summed E-state index contributed by atoms with van der Waals surface area (Å²) in [5.74, 6) is -0.877. The van der Waals surface area contributed by atoms with Crippen molar-refractivity contribution in [2.24, 2.45) is 0 Å². The van der Waals surface area contributed by atoms with E-state index < -0.39 is 47.6 Å². The zero-order valence-electron chi connectivity index (χ0n) is 27.8. The van der Waals surface area contributed by atoms with Gasteiger partial charge in [-0.25, -0.2) is 9.59 Å². The maximum absolute atomic E-state index is 13.6. The number of methoxy groups -OCH3 is 1. The van der Waals surface area contributed by atoms with E-state index in [1.54, 1.807) is 20.8 Å². The molecule has 0 aliphatic rings. The van der Waals surface area contributed by atoms with Gasteiger partial charge in [-0.2, -0.15) is 0 Å². The monoisotopic (exact) mass is 605 g/mol. The second-order valence-corrected chi connectivity index (χ2v) is 12.9. The molecular weight excluding hydrogens is 550 g/mol. The number of nitrogens with one attached hydrogen (secondary N) is 3. The molecule has 10 heteroatoms. The van der Waals surface area contributed by atoms with Gasteiger partial charge >= 0.3 is 12.1 Å². The summed E-state index contributed by atoms with van der Waals surface area (Å²) < 4.78 is 16.2. The number of alkyl carbamates (subject to hydrolysis) is 1. The molecule has 1 aromatic rings. The molecule has 0 bridgehead atoms. The number of carbonyl (C=O) groups is 4. The lowest BCUT2D eigenvalue weighted by Gasteiger charge is -2.26. The molecule has 3 N–H and O–H groups in total. The predicted octanol–water partition coefficient (Wildman–Crippen LogP) is 5.60. The van der Waals surface area contributed by atoms with Gasteiger partial charge < -0.3 is 30.2 Å². The van der Waals surface area contributed by atoms with Crippen LogP contribution in [0.3, 0.4) is 0 Å². The van der Waals surface area contributed by atoms with E-state index >= 15 is 0 Å². The number of esters is 1. The van der Waals surface area contributed by atoms with Crippen molar-refractivity contribution in [1.29, 1.82) is 0 Å². The van der Waals surface area contributed by atoms with Gasteiger partial charge in [0.15, 0.2) is 0 Å². The van der Waals surface area contributed by atoms with Gasteiger partial charge in [-0.15, -0.1) is 0 Å². The van der Waals surface area contributed by atoms with Crippen LogP contribution < -0.4 is 20.7 Å². The van der Waals surface area contributed by atoms with Gasteiger partial charge in [0, 0.05) is 6.42 Å². The fraction of sp³-hybridized carbons (Fsp3) is 0.697. The number of hydrogen-bond donors (Lipinski definition) is 3. The highest BCUT2D eigenvalue weighted by Crippen LogP contribution is 2.19. The van der Waals surface area contributed by atoms with Crippen molar-refractivity contribution in [1.82, 2.24) is 16.0 Å². The molecule has 0 saturated carbocycles. The first kappa shape index (κ1) is 37.7. The lowest BCUT2D eigenvalue weighted by Crippen LogP contribution is -2.56. The Labute approximate surface area is 258 Å².